The summed E-state index contributed by atoms with van der Waals surface area (Å²) in [5.74, 6) is 0. The highest BCUT2D eigenvalue weighted by molar-refractivity contribution is 5.98. The Morgan fingerprint density at radius 3 is 1.32 bits per heavy atom. The number of hydrogen-bond donors (Lipinski definition) is 2. The molecule has 0 saturated carbocycles. The van der Waals surface area contributed by atoms with Crippen LogP contribution in [-0.4, -0.2) is 9.97 Å². The van der Waals surface area contributed by atoms with Crippen LogP contribution >= 0.6 is 0 Å². The summed E-state index contributed by atoms with van der Waals surface area (Å²) >= 11 is 0. The van der Waals surface area contributed by atoms with Crippen molar-refractivity contribution in [2.45, 2.75) is 25.9 Å². The van der Waals surface area contributed by atoms with Gasteiger partial charge in [0.15, 0.2) is 0 Å². The molecule has 0 aliphatic carbocycles. The molecule has 0 saturated heterocycles. The van der Waals surface area contributed by atoms with Crippen molar-refractivity contribution in [3.05, 3.63) is 132 Å². The minimum Gasteiger partial charge on any atom is -0.377 e. The van der Waals surface area contributed by atoms with Crippen LogP contribution < -0.4 is 10.6 Å². The normalized spacial score (nSPS) is 13.1. The van der Waals surface area contributed by atoms with Gasteiger partial charge in [-0.25, -0.2) is 9.97 Å². The van der Waals surface area contributed by atoms with E-state index in [9.17, 15) is 0 Å². The molecular formula is C36H30N4. The average molecular weight is 519 g/mol. The number of hydrogen-bond acceptors (Lipinski definition) is 4. The Kier molecular flexibility index (Phi) is 6.01. The molecule has 0 aliphatic heterocycles. The molecule has 0 aliphatic rings. The maximum Gasteiger partial charge on any atom is 0.113 e. The first-order valence-corrected chi connectivity index (χ1v) is 13.8. The molecule has 4 nitrogen and oxygen atoms in total. The Balaban J connectivity index is 1.24. The van der Waals surface area contributed by atoms with E-state index in [1.165, 1.54) is 32.7 Å². The molecule has 2 atom stereocenters. The SMILES string of the molecule is C[C@H](Nc1cccc2nc3c(N[C@@H](C)c4cccc5ccccc45)cccc3nc12)c1cccc2ccccc12. The third-order valence-corrected chi connectivity index (χ3v) is 7.82. The summed E-state index contributed by atoms with van der Waals surface area (Å²) in [5, 5.41) is 12.5. The molecule has 0 spiro atoms. The zero-order chi connectivity index (χ0) is 27.1. The number of nitrogens with zero attached hydrogens (tertiary/aromatic N) is 2. The summed E-state index contributed by atoms with van der Waals surface area (Å²) in [5.41, 5.74) is 7.98. The van der Waals surface area contributed by atoms with Crippen LogP contribution in [0.25, 0.3) is 43.6 Å². The molecule has 4 heteroatoms. The minimum absolute atomic E-state index is 0.101. The lowest BCUT2D eigenvalue weighted by atomic mass is 9.99. The van der Waals surface area contributed by atoms with Gasteiger partial charge in [0.05, 0.1) is 22.4 Å². The summed E-state index contributed by atoms with van der Waals surface area (Å²) in [6.45, 7) is 4.40. The number of fused-ring (bicyclic) bond motifs is 4. The van der Waals surface area contributed by atoms with Gasteiger partial charge in [-0.2, -0.15) is 0 Å². The molecule has 7 aromatic rings. The molecule has 2 N–H and O–H groups in total. The van der Waals surface area contributed by atoms with E-state index < -0.39 is 0 Å². The standard InChI is InChI=1S/C36H30N4/c1-23(27-17-7-13-25-11-3-5-15-29(25)27)37-31-19-9-21-33-35(31)39-34-22-10-20-32(36(34)40-33)38-24(2)28-18-8-14-26-12-4-6-16-30(26)28/h3-24,37-38H,1-2H3/t23-,24-/m0/s1. The number of anilines is 2. The fourth-order valence-electron chi connectivity index (χ4n) is 5.83. The number of para-hydroxylation sites is 2. The van der Waals surface area contributed by atoms with E-state index in [-0.39, 0.29) is 12.1 Å². The summed E-state index contributed by atoms with van der Waals surface area (Å²) < 4.78 is 0. The predicted octanol–water partition coefficient (Wildman–Crippen LogP) is 9.44. The number of rotatable bonds is 6. The lowest BCUT2D eigenvalue weighted by Crippen LogP contribution is -2.09. The number of aromatic nitrogens is 2. The van der Waals surface area contributed by atoms with Crippen molar-refractivity contribution in [2.24, 2.45) is 0 Å². The van der Waals surface area contributed by atoms with Crippen LogP contribution in [-0.2, 0) is 0 Å². The smallest absolute Gasteiger partial charge is 0.113 e. The van der Waals surface area contributed by atoms with Crippen LogP contribution in [0.2, 0.25) is 0 Å². The van der Waals surface area contributed by atoms with Gasteiger partial charge in [0, 0.05) is 12.1 Å². The molecule has 0 amide bonds. The Morgan fingerprint density at radius 1 is 0.450 bits per heavy atom. The van der Waals surface area contributed by atoms with E-state index >= 15 is 0 Å². The number of benzene rings is 6. The summed E-state index contributed by atoms with van der Waals surface area (Å²) in [6, 6.07) is 42.6. The zero-order valence-corrected chi connectivity index (χ0v) is 22.6. The number of nitrogens with one attached hydrogen (secondary N) is 2. The molecule has 194 valence electrons. The minimum atomic E-state index is 0.101. The van der Waals surface area contributed by atoms with Gasteiger partial charge in [-0.05, 0) is 70.8 Å². The van der Waals surface area contributed by atoms with Gasteiger partial charge in [-0.1, -0.05) is 97.1 Å². The second-order valence-corrected chi connectivity index (χ2v) is 10.4. The van der Waals surface area contributed by atoms with Crippen molar-refractivity contribution in [1.82, 2.24) is 9.97 Å². The topological polar surface area (TPSA) is 49.8 Å². The second kappa shape index (κ2) is 9.97. The molecule has 1 aromatic heterocycles. The summed E-state index contributed by atoms with van der Waals surface area (Å²) in [6.07, 6.45) is 0. The van der Waals surface area contributed by atoms with Crippen molar-refractivity contribution in [1.29, 1.82) is 0 Å². The monoisotopic (exact) mass is 518 g/mol. The third-order valence-electron chi connectivity index (χ3n) is 7.82. The molecule has 1 heterocycles. The first kappa shape index (κ1) is 24.1. The maximum atomic E-state index is 5.11. The molecule has 7 rings (SSSR count). The van der Waals surface area contributed by atoms with Gasteiger partial charge >= 0.3 is 0 Å². The highest BCUT2D eigenvalue weighted by Crippen LogP contribution is 2.33. The van der Waals surface area contributed by atoms with Crippen molar-refractivity contribution in [3.63, 3.8) is 0 Å². The average Bonchev–Trinajstić information content (AvgIpc) is 3.00. The molecule has 0 bridgehead atoms. The van der Waals surface area contributed by atoms with Gasteiger partial charge < -0.3 is 10.6 Å². The Morgan fingerprint density at radius 2 is 0.850 bits per heavy atom. The lowest BCUT2D eigenvalue weighted by molar-refractivity contribution is 0.895. The van der Waals surface area contributed by atoms with Crippen LogP contribution in [0.1, 0.15) is 37.1 Å². The largest absolute Gasteiger partial charge is 0.377 e. The van der Waals surface area contributed by atoms with E-state index in [0.717, 1.165) is 33.4 Å². The lowest BCUT2D eigenvalue weighted by Gasteiger charge is -2.20. The quantitative estimate of drug-likeness (QED) is 0.215. The van der Waals surface area contributed by atoms with Gasteiger partial charge in [0.25, 0.3) is 0 Å². The van der Waals surface area contributed by atoms with Crippen molar-refractivity contribution in [2.75, 3.05) is 10.6 Å². The van der Waals surface area contributed by atoms with Gasteiger partial charge in [-0.3, -0.25) is 0 Å². The van der Waals surface area contributed by atoms with Gasteiger partial charge in [0.2, 0.25) is 0 Å². The Hall–Kier alpha value is -4.96. The predicted molar refractivity (Wildman–Crippen MR) is 169 cm³/mol. The zero-order valence-electron chi connectivity index (χ0n) is 22.6. The second-order valence-electron chi connectivity index (χ2n) is 10.4. The molecule has 40 heavy (non-hydrogen) atoms. The van der Waals surface area contributed by atoms with E-state index in [1.54, 1.807) is 0 Å². The highest BCUT2D eigenvalue weighted by atomic mass is 15.0. The van der Waals surface area contributed by atoms with Gasteiger partial charge in [0.1, 0.15) is 11.0 Å². The molecular weight excluding hydrogens is 488 g/mol. The van der Waals surface area contributed by atoms with Crippen LogP contribution in [0, 0.1) is 0 Å². The molecule has 6 aromatic carbocycles. The van der Waals surface area contributed by atoms with Crippen molar-refractivity contribution in [3.8, 4) is 0 Å². The van der Waals surface area contributed by atoms with Crippen molar-refractivity contribution < 1.29 is 0 Å². The summed E-state index contributed by atoms with van der Waals surface area (Å²) in [4.78, 5) is 10.2. The van der Waals surface area contributed by atoms with Gasteiger partial charge in [-0.15, -0.1) is 0 Å². The van der Waals surface area contributed by atoms with Crippen LogP contribution in [0.4, 0.5) is 11.4 Å². The fraction of sp³-hybridized carbons (Fsp3) is 0.111. The summed E-state index contributed by atoms with van der Waals surface area (Å²) in [7, 11) is 0. The van der Waals surface area contributed by atoms with E-state index in [0.29, 0.717) is 0 Å². The van der Waals surface area contributed by atoms with Crippen LogP contribution in [0.3, 0.4) is 0 Å². The fourth-order valence-corrected chi connectivity index (χ4v) is 5.83. The first-order valence-electron chi connectivity index (χ1n) is 13.8. The van der Waals surface area contributed by atoms with Crippen LogP contribution in [0.15, 0.2) is 121 Å². The van der Waals surface area contributed by atoms with Crippen molar-refractivity contribution >= 4 is 55.0 Å². The molecule has 0 unspecified atom stereocenters. The highest BCUT2D eigenvalue weighted by Gasteiger charge is 2.15. The van der Waals surface area contributed by atoms with Crippen LogP contribution in [0.5, 0.6) is 0 Å². The van der Waals surface area contributed by atoms with E-state index in [2.05, 4.69) is 134 Å². The molecule has 0 fully saturated rings. The molecule has 0 radical (unpaired) electrons. The first-order chi connectivity index (χ1) is 19.7. The van der Waals surface area contributed by atoms with E-state index in [1.807, 2.05) is 12.1 Å². The Labute approximate surface area is 233 Å². The maximum absolute atomic E-state index is 5.11. The van der Waals surface area contributed by atoms with E-state index in [4.69, 9.17) is 9.97 Å². The third kappa shape index (κ3) is 4.28. The Bertz CT molecular complexity index is 1860.